The van der Waals surface area contributed by atoms with Gasteiger partial charge in [0, 0.05) is 5.69 Å². The van der Waals surface area contributed by atoms with E-state index in [4.69, 9.17) is 15.9 Å². The van der Waals surface area contributed by atoms with Gasteiger partial charge in [0.05, 0.1) is 11.8 Å². The lowest BCUT2D eigenvalue weighted by Gasteiger charge is -2.10. The van der Waals surface area contributed by atoms with E-state index in [0.29, 0.717) is 17.1 Å². The van der Waals surface area contributed by atoms with E-state index in [-0.39, 0.29) is 5.84 Å². The third kappa shape index (κ3) is 2.66. The number of benzene rings is 1. The number of amidine groups is 1. The molecule has 0 spiro atoms. The summed E-state index contributed by atoms with van der Waals surface area (Å²) in [4.78, 5) is 4.16. The Balaban J connectivity index is 2.34. The largest absolute Gasteiger partial charge is 0.455 e. The van der Waals surface area contributed by atoms with Crippen LogP contribution < -0.4 is 10.5 Å². The highest BCUT2D eigenvalue weighted by Gasteiger charge is 2.08. The summed E-state index contributed by atoms with van der Waals surface area (Å²) in [6, 6.07) is 9.28. The molecule has 0 unspecified atom stereocenters. The molecular weight excluding hydrogens is 226 g/mol. The van der Waals surface area contributed by atoms with Crippen molar-refractivity contribution in [3.05, 3.63) is 53.3 Å². The average Bonchev–Trinajstić information content (AvgIpc) is 2.34. The Hall–Kier alpha value is -2.36. The molecule has 4 heteroatoms. The minimum Gasteiger partial charge on any atom is -0.455 e. The number of hydrogen-bond acceptors (Lipinski definition) is 3. The number of aromatic nitrogens is 1. The van der Waals surface area contributed by atoms with Crippen molar-refractivity contribution in [3.63, 3.8) is 0 Å². The van der Waals surface area contributed by atoms with Crippen LogP contribution in [-0.4, -0.2) is 10.8 Å². The van der Waals surface area contributed by atoms with Gasteiger partial charge in [0.25, 0.3) is 0 Å². The van der Waals surface area contributed by atoms with E-state index in [1.165, 1.54) is 0 Å². The second kappa shape index (κ2) is 4.87. The van der Waals surface area contributed by atoms with Gasteiger partial charge in [0.2, 0.25) is 0 Å². The van der Waals surface area contributed by atoms with Gasteiger partial charge in [-0.25, -0.2) is 0 Å². The minimum atomic E-state index is -0.00577. The van der Waals surface area contributed by atoms with Crippen LogP contribution in [0.1, 0.15) is 16.8 Å². The van der Waals surface area contributed by atoms with Crippen molar-refractivity contribution < 1.29 is 4.74 Å². The first-order chi connectivity index (χ1) is 8.56. The van der Waals surface area contributed by atoms with Crippen LogP contribution >= 0.6 is 0 Å². The van der Waals surface area contributed by atoms with E-state index < -0.39 is 0 Å². The summed E-state index contributed by atoms with van der Waals surface area (Å²) in [5, 5.41) is 7.55. The number of rotatable bonds is 3. The van der Waals surface area contributed by atoms with Crippen molar-refractivity contribution >= 4 is 5.84 Å². The zero-order valence-electron chi connectivity index (χ0n) is 10.4. The van der Waals surface area contributed by atoms with Crippen molar-refractivity contribution in [2.75, 3.05) is 0 Å². The quantitative estimate of drug-likeness (QED) is 0.641. The van der Waals surface area contributed by atoms with Gasteiger partial charge < -0.3 is 10.5 Å². The summed E-state index contributed by atoms with van der Waals surface area (Å²) >= 11 is 0. The molecule has 3 N–H and O–H groups in total. The molecule has 1 heterocycles. The molecule has 1 aromatic carbocycles. The van der Waals surface area contributed by atoms with Crippen molar-refractivity contribution in [3.8, 4) is 11.5 Å². The fourth-order valence-electron chi connectivity index (χ4n) is 1.58. The van der Waals surface area contributed by atoms with E-state index >= 15 is 0 Å². The fraction of sp³-hybridized carbons (Fsp3) is 0.143. The molecule has 0 bridgehead atoms. The molecule has 0 amide bonds. The molecule has 0 aliphatic carbocycles. The number of aryl methyl sites for hydroxylation is 2. The highest BCUT2D eigenvalue weighted by atomic mass is 16.5. The third-order valence-corrected chi connectivity index (χ3v) is 2.54. The molecule has 0 atom stereocenters. The van der Waals surface area contributed by atoms with E-state index in [0.717, 1.165) is 11.3 Å². The van der Waals surface area contributed by atoms with Crippen molar-refractivity contribution in [2.45, 2.75) is 13.8 Å². The van der Waals surface area contributed by atoms with Crippen molar-refractivity contribution in [2.24, 2.45) is 5.73 Å². The number of nitrogens with two attached hydrogens (primary N) is 1. The van der Waals surface area contributed by atoms with Gasteiger partial charge >= 0.3 is 0 Å². The highest BCUT2D eigenvalue weighted by Crippen LogP contribution is 2.25. The minimum absolute atomic E-state index is 0.00577. The second-order valence-electron chi connectivity index (χ2n) is 4.15. The molecule has 4 nitrogen and oxygen atoms in total. The molecule has 0 aliphatic heterocycles. The molecule has 0 saturated carbocycles. The summed E-state index contributed by atoms with van der Waals surface area (Å²) in [6.07, 6.45) is 1.65. The summed E-state index contributed by atoms with van der Waals surface area (Å²) in [5.74, 6) is 1.19. The molecule has 0 fully saturated rings. The maximum atomic E-state index is 7.55. The van der Waals surface area contributed by atoms with Gasteiger partial charge in [-0.15, -0.1) is 0 Å². The fourth-order valence-corrected chi connectivity index (χ4v) is 1.58. The molecule has 2 aromatic rings. The topological polar surface area (TPSA) is 72.0 Å². The molecular formula is C14H15N3O. The van der Waals surface area contributed by atoms with Crippen molar-refractivity contribution in [1.82, 2.24) is 4.98 Å². The molecule has 18 heavy (non-hydrogen) atoms. The zero-order chi connectivity index (χ0) is 13.1. The Kier molecular flexibility index (Phi) is 3.28. The maximum Gasteiger partial charge on any atom is 0.145 e. The number of nitrogens with one attached hydrogen (secondary N) is 1. The SMILES string of the molecule is Cc1ccc(Oc2ccc(C)nc2)c(C(=N)N)c1. The van der Waals surface area contributed by atoms with Gasteiger partial charge in [-0.3, -0.25) is 10.4 Å². The first-order valence-electron chi connectivity index (χ1n) is 5.62. The molecule has 0 radical (unpaired) electrons. The summed E-state index contributed by atoms with van der Waals surface area (Å²) in [7, 11) is 0. The lowest BCUT2D eigenvalue weighted by atomic mass is 10.1. The molecule has 92 valence electrons. The predicted molar refractivity (Wildman–Crippen MR) is 71.2 cm³/mol. The van der Waals surface area contributed by atoms with Crippen molar-refractivity contribution in [1.29, 1.82) is 5.41 Å². The molecule has 2 rings (SSSR count). The van der Waals surface area contributed by atoms with Crippen LogP contribution in [0, 0.1) is 19.3 Å². The lowest BCUT2D eigenvalue weighted by molar-refractivity contribution is 0.478. The maximum absolute atomic E-state index is 7.55. The van der Waals surface area contributed by atoms with Gasteiger partial charge in [0.15, 0.2) is 0 Å². The predicted octanol–water partition coefficient (Wildman–Crippen LogP) is 2.77. The number of hydrogen-bond donors (Lipinski definition) is 2. The first kappa shape index (κ1) is 12.1. The Morgan fingerprint density at radius 3 is 2.61 bits per heavy atom. The van der Waals surface area contributed by atoms with Gasteiger partial charge in [0.1, 0.15) is 17.3 Å². The van der Waals surface area contributed by atoms with Crippen LogP contribution in [0.5, 0.6) is 11.5 Å². The normalized spacial score (nSPS) is 10.1. The Labute approximate surface area is 106 Å². The Morgan fingerprint density at radius 1 is 1.22 bits per heavy atom. The summed E-state index contributed by atoms with van der Waals surface area (Å²) < 4.78 is 5.70. The van der Waals surface area contributed by atoms with Crippen LogP contribution in [-0.2, 0) is 0 Å². The lowest BCUT2D eigenvalue weighted by Crippen LogP contribution is -2.12. The van der Waals surface area contributed by atoms with E-state index in [2.05, 4.69) is 4.98 Å². The number of nitrogen functional groups attached to an aromatic ring is 1. The average molecular weight is 241 g/mol. The van der Waals surface area contributed by atoms with E-state index in [9.17, 15) is 0 Å². The van der Waals surface area contributed by atoms with Gasteiger partial charge in [-0.2, -0.15) is 0 Å². The summed E-state index contributed by atoms with van der Waals surface area (Å²) in [5.41, 5.74) is 8.11. The second-order valence-corrected chi connectivity index (χ2v) is 4.15. The van der Waals surface area contributed by atoms with E-state index in [1.54, 1.807) is 6.20 Å². The smallest absolute Gasteiger partial charge is 0.145 e. The number of nitrogens with zero attached hydrogens (tertiary/aromatic N) is 1. The highest BCUT2D eigenvalue weighted by molar-refractivity contribution is 5.97. The molecule has 0 aliphatic rings. The van der Waals surface area contributed by atoms with Crippen LogP contribution in [0.4, 0.5) is 0 Å². The van der Waals surface area contributed by atoms with Crippen LogP contribution in [0.25, 0.3) is 0 Å². The zero-order valence-corrected chi connectivity index (χ0v) is 10.4. The van der Waals surface area contributed by atoms with Gasteiger partial charge in [-0.05, 0) is 38.1 Å². The number of pyridine rings is 1. The third-order valence-electron chi connectivity index (χ3n) is 2.54. The first-order valence-corrected chi connectivity index (χ1v) is 5.62. The summed E-state index contributed by atoms with van der Waals surface area (Å²) in [6.45, 7) is 3.86. The van der Waals surface area contributed by atoms with Crippen LogP contribution in [0.2, 0.25) is 0 Å². The Morgan fingerprint density at radius 2 is 2.00 bits per heavy atom. The molecule has 0 saturated heterocycles. The van der Waals surface area contributed by atoms with Gasteiger partial charge in [-0.1, -0.05) is 11.6 Å². The molecule has 1 aromatic heterocycles. The van der Waals surface area contributed by atoms with E-state index in [1.807, 2.05) is 44.2 Å². The monoisotopic (exact) mass is 241 g/mol. The van der Waals surface area contributed by atoms with Crippen LogP contribution in [0.3, 0.4) is 0 Å². The number of ether oxygens (including phenoxy) is 1. The van der Waals surface area contributed by atoms with Crippen LogP contribution in [0.15, 0.2) is 36.5 Å². The Bertz CT molecular complexity index is 576. The standard InChI is InChI=1S/C14H15N3O/c1-9-3-6-13(12(7-9)14(15)16)18-11-5-4-10(2)17-8-11/h3-8H,1-2H3,(H3,15,16).